The Kier molecular flexibility index (Phi) is 7.27. The smallest absolute Gasteiger partial charge is 0.356 e. The van der Waals surface area contributed by atoms with Crippen LogP contribution in [-0.4, -0.2) is 22.5 Å². The summed E-state index contributed by atoms with van der Waals surface area (Å²) < 4.78 is 7.00. The van der Waals surface area contributed by atoms with Gasteiger partial charge in [-0.15, -0.1) is 0 Å². The first kappa shape index (κ1) is 25.2. The molecule has 0 radical (unpaired) electrons. The zero-order valence-electron chi connectivity index (χ0n) is 20.6. The number of aryl methyl sites for hydroxylation is 2. The third kappa shape index (κ3) is 4.90. The van der Waals surface area contributed by atoms with Crippen LogP contribution >= 0.6 is 11.6 Å². The lowest BCUT2D eigenvalue weighted by molar-refractivity contribution is -0.124. The minimum absolute atomic E-state index is 0.0900. The summed E-state index contributed by atoms with van der Waals surface area (Å²) in [5.41, 5.74) is 3.57. The molecule has 0 aliphatic heterocycles. The van der Waals surface area contributed by atoms with Gasteiger partial charge in [0.2, 0.25) is 0 Å². The third-order valence-electron chi connectivity index (χ3n) is 6.19. The van der Waals surface area contributed by atoms with Crippen molar-refractivity contribution < 1.29 is 14.3 Å². The van der Waals surface area contributed by atoms with E-state index in [4.69, 9.17) is 16.3 Å². The van der Waals surface area contributed by atoms with Crippen molar-refractivity contribution in [2.75, 3.05) is 5.32 Å². The van der Waals surface area contributed by atoms with E-state index in [0.717, 1.165) is 16.7 Å². The van der Waals surface area contributed by atoms with Crippen LogP contribution in [0.2, 0.25) is 5.02 Å². The number of benzene rings is 3. The summed E-state index contributed by atoms with van der Waals surface area (Å²) in [6.07, 6.45) is -0.816. The number of rotatable bonds is 6. The van der Waals surface area contributed by atoms with Gasteiger partial charge in [0, 0.05) is 28.7 Å². The van der Waals surface area contributed by atoms with Gasteiger partial charge in [0.1, 0.15) is 5.69 Å². The molecule has 0 fully saturated rings. The standard InChI is InChI=1S/C29H27ClN2O4/c1-5-24(27(33)31-20-15-12-18(3)23(30)16-20)36-29(35)26-25(19-13-10-17(2)11-14-19)21-8-6-7-9-22(21)28(34)32(26)4/h6-16,24H,5H2,1-4H3,(H,31,33). The van der Waals surface area contributed by atoms with Gasteiger partial charge in [-0.2, -0.15) is 0 Å². The summed E-state index contributed by atoms with van der Waals surface area (Å²) in [7, 11) is 1.54. The van der Waals surface area contributed by atoms with Crippen LogP contribution in [0.3, 0.4) is 0 Å². The Balaban J connectivity index is 1.75. The Hall–Kier alpha value is -3.90. The van der Waals surface area contributed by atoms with E-state index in [2.05, 4.69) is 5.32 Å². The lowest BCUT2D eigenvalue weighted by atomic mass is 9.96. The summed E-state index contributed by atoms with van der Waals surface area (Å²) >= 11 is 6.17. The monoisotopic (exact) mass is 502 g/mol. The Bertz CT molecular complexity index is 1520. The second kappa shape index (κ2) is 10.4. The lowest BCUT2D eigenvalue weighted by Crippen LogP contribution is -2.34. The maximum Gasteiger partial charge on any atom is 0.356 e. The number of nitrogens with zero attached hydrogens (tertiary/aromatic N) is 1. The number of anilines is 1. The fraction of sp³-hybridized carbons (Fsp3) is 0.207. The lowest BCUT2D eigenvalue weighted by Gasteiger charge is -2.20. The predicted molar refractivity (Wildman–Crippen MR) is 144 cm³/mol. The Morgan fingerprint density at radius 3 is 2.31 bits per heavy atom. The van der Waals surface area contributed by atoms with Crippen molar-refractivity contribution in [1.29, 1.82) is 0 Å². The number of pyridine rings is 1. The molecule has 1 unspecified atom stereocenters. The minimum Gasteiger partial charge on any atom is -0.448 e. The van der Waals surface area contributed by atoms with Gasteiger partial charge in [0.25, 0.3) is 11.5 Å². The number of hydrogen-bond acceptors (Lipinski definition) is 4. The average molecular weight is 503 g/mol. The molecular formula is C29H27ClN2O4. The molecule has 1 N–H and O–H groups in total. The Morgan fingerprint density at radius 1 is 1.00 bits per heavy atom. The predicted octanol–water partition coefficient (Wildman–Crippen LogP) is 6.05. The maximum atomic E-state index is 13.6. The van der Waals surface area contributed by atoms with Gasteiger partial charge in [-0.3, -0.25) is 9.59 Å². The fourth-order valence-corrected chi connectivity index (χ4v) is 4.30. The molecule has 184 valence electrons. The SMILES string of the molecule is CCC(OC(=O)c1c(-c2ccc(C)cc2)c2ccccc2c(=O)n1C)C(=O)Nc1ccc(C)c(Cl)c1. The molecule has 7 heteroatoms. The third-order valence-corrected chi connectivity index (χ3v) is 6.60. The zero-order chi connectivity index (χ0) is 26.0. The van der Waals surface area contributed by atoms with E-state index in [9.17, 15) is 14.4 Å². The first-order chi connectivity index (χ1) is 17.2. The fourth-order valence-electron chi connectivity index (χ4n) is 4.12. The molecule has 4 aromatic rings. The summed E-state index contributed by atoms with van der Waals surface area (Å²) in [5, 5.41) is 4.41. The molecule has 0 aliphatic rings. The Morgan fingerprint density at radius 2 is 1.67 bits per heavy atom. The first-order valence-electron chi connectivity index (χ1n) is 11.7. The van der Waals surface area contributed by atoms with Crippen LogP contribution < -0.4 is 10.9 Å². The van der Waals surface area contributed by atoms with Crippen molar-refractivity contribution in [1.82, 2.24) is 4.57 Å². The molecule has 1 atom stereocenters. The number of aromatic nitrogens is 1. The van der Waals surface area contributed by atoms with Crippen LogP contribution in [0.15, 0.2) is 71.5 Å². The summed E-state index contributed by atoms with van der Waals surface area (Å²) in [5.74, 6) is -1.23. The van der Waals surface area contributed by atoms with Crippen LogP contribution in [0.5, 0.6) is 0 Å². The van der Waals surface area contributed by atoms with Crippen molar-refractivity contribution in [2.45, 2.75) is 33.3 Å². The van der Waals surface area contributed by atoms with E-state index in [1.807, 2.05) is 50.2 Å². The summed E-state index contributed by atoms with van der Waals surface area (Å²) in [4.78, 5) is 39.7. The Labute approximate surface area is 214 Å². The van der Waals surface area contributed by atoms with E-state index in [0.29, 0.717) is 27.0 Å². The molecule has 0 saturated carbocycles. The van der Waals surface area contributed by atoms with Gasteiger partial charge in [-0.25, -0.2) is 4.79 Å². The second-order valence-electron chi connectivity index (χ2n) is 8.75. The van der Waals surface area contributed by atoms with Gasteiger partial charge in [-0.1, -0.05) is 72.6 Å². The van der Waals surface area contributed by atoms with Crippen LogP contribution in [0.25, 0.3) is 21.9 Å². The molecule has 1 amide bonds. The highest BCUT2D eigenvalue weighted by Gasteiger charge is 2.28. The molecule has 3 aromatic carbocycles. The quantitative estimate of drug-likeness (QED) is 0.325. The van der Waals surface area contributed by atoms with Crippen LogP contribution in [0.4, 0.5) is 5.69 Å². The van der Waals surface area contributed by atoms with Gasteiger partial charge >= 0.3 is 5.97 Å². The van der Waals surface area contributed by atoms with E-state index in [1.54, 1.807) is 44.3 Å². The van der Waals surface area contributed by atoms with Gasteiger partial charge < -0.3 is 14.6 Å². The number of carbonyl (C=O) groups is 2. The van der Waals surface area contributed by atoms with Crippen LogP contribution in [-0.2, 0) is 16.6 Å². The van der Waals surface area contributed by atoms with E-state index < -0.39 is 18.0 Å². The number of ether oxygens (including phenoxy) is 1. The van der Waals surface area contributed by atoms with Gasteiger partial charge in [0.05, 0.1) is 0 Å². The zero-order valence-corrected chi connectivity index (χ0v) is 21.3. The molecule has 1 aromatic heterocycles. The van der Waals surface area contributed by atoms with E-state index in [-0.39, 0.29) is 17.7 Å². The number of fused-ring (bicyclic) bond motifs is 1. The van der Waals surface area contributed by atoms with E-state index >= 15 is 0 Å². The second-order valence-corrected chi connectivity index (χ2v) is 9.16. The molecule has 0 aliphatic carbocycles. The number of nitrogens with one attached hydrogen (secondary N) is 1. The topological polar surface area (TPSA) is 77.4 Å². The minimum atomic E-state index is -1.06. The first-order valence-corrected chi connectivity index (χ1v) is 12.1. The highest BCUT2D eigenvalue weighted by atomic mass is 35.5. The van der Waals surface area contributed by atoms with Crippen LogP contribution in [0, 0.1) is 13.8 Å². The normalized spacial score (nSPS) is 11.8. The summed E-state index contributed by atoms with van der Waals surface area (Å²) in [6.45, 7) is 5.59. The number of hydrogen-bond donors (Lipinski definition) is 1. The number of amides is 1. The molecule has 0 bridgehead atoms. The molecule has 1 heterocycles. The van der Waals surface area contributed by atoms with E-state index in [1.165, 1.54) is 4.57 Å². The molecule has 0 spiro atoms. The molecular weight excluding hydrogens is 476 g/mol. The van der Waals surface area contributed by atoms with Crippen molar-refractivity contribution in [3.05, 3.63) is 98.9 Å². The molecule has 36 heavy (non-hydrogen) atoms. The molecule has 4 rings (SSSR count). The largest absolute Gasteiger partial charge is 0.448 e. The number of esters is 1. The number of carbonyl (C=O) groups excluding carboxylic acids is 2. The maximum absolute atomic E-state index is 13.6. The number of halogens is 1. The van der Waals surface area contributed by atoms with Gasteiger partial charge in [0.15, 0.2) is 6.10 Å². The van der Waals surface area contributed by atoms with Crippen molar-refractivity contribution in [2.24, 2.45) is 7.05 Å². The van der Waals surface area contributed by atoms with Crippen molar-refractivity contribution in [3.8, 4) is 11.1 Å². The average Bonchev–Trinajstić information content (AvgIpc) is 2.87. The highest BCUT2D eigenvalue weighted by Crippen LogP contribution is 2.31. The van der Waals surface area contributed by atoms with Crippen molar-refractivity contribution >= 4 is 39.9 Å². The molecule has 6 nitrogen and oxygen atoms in total. The van der Waals surface area contributed by atoms with Crippen molar-refractivity contribution in [3.63, 3.8) is 0 Å². The van der Waals surface area contributed by atoms with Crippen LogP contribution in [0.1, 0.15) is 35.0 Å². The molecule has 0 saturated heterocycles. The van der Waals surface area contributed by atoms with Gasteiger partial charge in [-0.05, 0) is 55.0 Å². The summed E-state index contributed by atoms with van der Waals surface area (Å²) in [6, 6.07) is 20.0. The highest BCUT2D eigenvalue weighted by molar-refractivity contribution is 6.31.